The largest absolute Gasteiger partial charge is 0.384 e. The highest BCUT2D eigenvalue weighted by atomic mass is 16.3. The second kappa shape index (κ2) is 5.61. The van der Waals surface area contributed by atoms with Gasteiger partial charge in [-0.1, -0.05) is 50.3 Å². The molecular weight excluding hydrogens is 172 g/mol. The topological polar surface area (TPSA) is 20.2 Å². The quantitative estimate of drug-likeness (QED) is 0.721. The molecule has 14 heavy (non-hydrogen) atoms. The Morgan fingerprint density at radius 3 is 2.43 bits per heavy atom. The van der Waals surface area contributed by atoms with Crippen LogP contribution in [0.1, 0.15) is 38.4 Å². The summed E-state index contributed by atoms with van der Waals surface area (Å²) < 4.78 is 0. The molecule has 0 saturated carbocycles. The van der Waals surface area contributed by atoms with Crippen molar-refractivity contribution in [1.29, 1.82) is 0 Å². The molecule has 0 radical (unpaired) electrons. The fraction of sp³-hybridized carbons (Fsp3) is 0.385. The normalized spacial score (nSPS) is 14.1. The van der Waals surface area contributed by atoms with Crippen LogP contribution in [-0.4, -0.2) is 5.11 Å². The third kappa shape index (κ3) is 2.71. The van der Waals surface area contributed by atoms with Gasteiger partial charge >= 0.3 is 0 Å². The first-order chi connectivity index (χ1) is 6.79. The van der Waals surface area contributed by atoms with Crippen molar-refractivity contribution in [2.45, 2.75) is 32.8 Å². The zero-order valence-electron chi connectivity index (χ0n) is 8.90. The minimum absolute atomic E-state index is 0.429. The summed E-state index contributed by atoms with van der Waals surface area (Å²) in [4.78, 5) is 0. The van der Waals surface area contributed by atoms with E-state index in [1.165, 1.54) is 0 Å². The smallest absolute Gasteiger partial charge is 0.100 e. The average molecular weight is 190 g/mol. The SMILES string of the molecule is CC/C=C(\CC)[C@H](O)c1ccccc1. The van der Waals surface area contributed by atoms with Crippen LogP contribution in [0.4, 0.5) is 0 Å². The zero-order valence-corrected chi connectivity index (χ0v) is 8.90. The van der Waals surface area contributed by atoms with Gasteiger partial charge in [0.15, 0.2) is 0 Å². The highest BCUT2D eigenvalue weighted by Crippen LogP contribution is 2.23. The summed E-state index contributed by atoms with van der Waals surface area (Å²) in [5, 5.41) is 10.0. The van der Waals surface area contributed by atoms with Crippen LogP contribution in [-0.2, 0) is 0 Å². The van der Waals surface area contributed by atoms with E-state index < -0.39 is 6.10 Å². The molecule has 0 aliphatic carbocycles. The Kier molecular flexibility index (Phi) is 4.41. The summed E-state index contributed by atoms with van der Waals surface area (Å²) in [6.45, 7) is 4.17. The lowest BCUT2D eigenvalue weighted by Gasteiger charge is -2.13. The van der Waals surface area contributed by atoms with Crippen LogP contribution >= 0.6 is 0 Å². The number of aliphatic hydroxyl groups is 1. The Morgan fingerprint density at radius 2 is 1.93 bits per heavy atom. The van der Waals surface area contributed by atoms with E-state index in [1.807, 2.05) is 30.3 Å². The van der Waals surface area contributed by atoms with Crippen molar-refractivity contribution >= 4 is 0 Å². The van der Waals surface area contributed by atoms with Crippen molar-refractivity contribution in [2.24, 2.45) is 0 Å². The average Bonchev–Trinajstić information content (AvgIpc) is 2.26. The first-order valence-electron chi connectivity index (χ1n) is 5.21. The minimum Gasteiger partial charge on any atom is -0.384 e. The van der Waals surface area contributed by atoms with Crippen molar-refractivity contribution < 1.29 is 5.11 Å². The van der Waals surface area contributed by atoms with Crippen LogP contribution in [0.5, 0.6) is 0 Å². The molecule has 1 aromatic rings. The van der Waals surface area contributed by atoms with Crippen molar-refractivity contribution in [3.8, 4) is 0 Å². The lowest BCUT2D eigenvalue weighted by Crippen LogP contribution is -2.00. The van der Waals surface area contributed by atoms with Gasteiger partial charge in [-0.05, 0) is 24.0 Å². The van der Waals surface area contributed by atoms with Gasteiger partial charge in [-0.2, -0.15) is 0 Å². The second-order valence-corrected chi connectivity index (χ2v) is 3.35. The lowest BCUT2D eigenvalue weighted by molar-refractivity contribution is 0.211. The standard InChI is InChI=1S/C13H18O/c1-3-8-11(4-2)13(14)12-9-6-5-7-10-12/h5-10,13-14H,3-4H2,1-2H3/b11-8+/t13-/m0/s1. The molecule has 1 atom stereocenters. The Labute approximate surface area is 86.1 Å². The molecule has 1 nitrogen and oxygen atoms in total. The van der Waals surface area contributed by atoms with E-state index in [4.69, 9.17) is 0 Å². The molecule has 0 fully saturated rings. The molecule has 0 amide bonds. The van der Waals surface area contributed by atoms with Gasteiger partial charge in [-0.3, -0.25) is 0 Å². The number of rotatable bonds is 4. The fourth-order valence-electron chi connectivity index (χ4n) is 1.56. The predicted molar refractivity (Wildman–Crippen MR) is 60.1 cm³/mol. The summed E-state index contributed by atoms with van der Waals surface area (Å²) >= 11 is 0. The number of hydrogen-bond donors (Lipinski definition) is 1. The Balaban J connectivity index is 2.83. The van der Waals surface area contributed by atoms with Crippen LogP contribution in [0, 0.1) is 0 Å². The van der Waals surface area contributed by atoms with E-state index in [9.17, 15) is 5.11 Å². The third-order valence-corrected chi connectivity index (χ3v) is 2.34. The van der Waals surface area contributed by atoms with Crippen molar-refractivity contribution in [3.63, 3.8) is 0 Å². The summed E-state index contributed by atoms with van der Waals surface area (Å²) in [6.07, 6.45) is 3.57. The first-order valence-corrected chi connectivity index (χ1v) is 5.21. The van der Waals surface area contributed by atoms with E-state index >= 15 is 0 Å². The molecule has 0 saturated heterocycles. The highest BCUT2D eigenvalue weighted by Gasteiger charge is 2.09. The minimum atomic E-state index is -0.429. The Bertz CT molecular complexity index is 287. The molecule has 1 heteroatoms. The van der Waals surface area contributed by atoms with Crippen LogP contribution in [0.25, 0.3) is 0 Å². The zero-order chi connectivity index (χ0) is 10.4. The maximum atomic E-state index is 10.0. The molecular formula is C13H18O. The lowest BCUT2D eigenvalue weighted by atomic mass is 9.99. The number of hydrogen-bond acceptors (Lipinski definition) is 1. The van der Waals surface area contributed by atoms with Crippen molar-refractivity contribution in [1.82, 2.24) is 0 Å². The predicted octanol–water partition coefficient (Wildman–Crippen LogP) is 3.47. The van der Waals surface area contributed by atoms with Gasteiger partial charge in [-0.15, -0.1) is 0 Å². The molecule has 0 unspecified atom stereocenters. The van der Waals surface area contributed by atoms with Crippen LogP contribution in [0.3, 0.4) is 0 Å². The maximum absolute atomic E-state index is 10.0. The molecule has 0 aliphatic rings. The molecule has 0 aromatic heterocycles. The maximum Gasteiger partial charge on any atom is 0.100 e. The Morgan fingerprint density at radius 1 is 1.29 bits per heavy atom. The van der Waals surface area contributed by atoms with E-state index in [-0.39, 0.29) is 0 Å². The van der Waals surface area contributed by atoms with Crippen LogP contribution in [0.2, 0.25) is 0 Å². The van der Waals surface area contributed by atoms with Gasteiger partial charge in [-0.25, -0.2) is 0 Å². The molecule has 1 aromatic carbocycles. The molecule has 76 valence electrons. The van der Waals surface area contributed by atoms with Gasteiger partial charge in [0.05, 0.1) is 0 Å². The highest BCUT2D eigenvalue weighted by molar-refractivity contribution is 5.25. The van der Waals surface area contributed by atoms with E-state index in [2.05, 4.69) is 19.9 Å². The first kappa shape index (κ1) is 11.0. The molecule has 0 spiro atoms. The second-order valence-electron chi connectivity index (χ2n) is 3.35. The van der Waals surface area contributed by atoms with E-state index in [0.717, 1.165) is 24.0 Å². The monoisotopic (exact) mass is 190 g/mol. The van der Waals surface area contributed by atoms with Crippen molar-refractivity contribution in [2.75, 3.05) is 0 Å². The number of benzene rings is 1. The van der Waals surface area contributed by atoms with Crippen molar-refractivity contribution in [3.05, 3.63) is 47.5 Å². The molecule has 1 rings (SSSR count). The van der Waals surface area contributed by atoms with Crippen LogP contribution in [0.15, 0.2) is 42.0 Å². The van der Waals surface area contributed by atoms with Crippen LogP contribution < -0.4 is 0 Å². The van der Waals surface area contributed by atoms with Gasteiger partial charge in [0.25, 0.3) is 0 Å². The Hall–Kier alpha value is -1.08. The van der Waals surface area contributed by atoms with E-state index in [0.29, 0.717) is 0 Å². The summed E-state index contributed by atoms with van der Waals surface area (Å²) in [6, 6.07) is 9.80. The molecule has 0 bridgehead atoms. The van der Waals surface area contributed by atoms with Gasteiger partial charge in [0, 0.05) is 0 Å². The molecule has 0 aliphatic heterocycles. The number of aliphatic hydroxyl groups excluding tert-OH is 1. The van der Waals surface area contributed by atoms with Gasteiger partial charge in [0.2, 0.25) is 0 Å². The van der Waals surface area contributed by atoms with E-state index in [1.54, 1.807) is 0 Å². The van der Waals surface area contributed by atoms with Gasteiger partial charge in [0.1, 0.15) is 6.10 Å². The molecule has 0 heterocycles. The molecule has 1 N–H and O–H groups in total. The summed E-state index contributed by atoms with van der Waals surface area (Å²) in [7, 11) is 0. The summed E-state index contributed by atoms with van der Waals surface area (Å²) in [5.41, 5.74) is 2.09. The third-order valence-electron chi connectivity index (χ3n) is 2.34. The number of allylic oxidation sites excluding steroid dienone is 1. The fourth-order valence-corrected chi connectivity index (χ4v) is 1.56. The van der Waals surface area contributed by atoms with Gasteiger partial charge < -0.3 is 5.11 Å². The summed E-state index contributed by atoms with van der Waals surface area (Å²) in [5.74, 6) is 0.